The second kappa shape index (κ2) is 6.91. The molecule has 0 fully saturated rings. The quantitative estimate of drug-likeness (QED) is 0.853. The van der Waals surface area contributed by atoms with Gasteiger partial charge in [0, 0.05) is 11.8 Å². The Morgan fingerprint density at radius 3 is 2.70 bits per heavy atom. The number of halogens is 1. The van der Waals surface area contributed by atoms with Gasteiger partial charge in [0.2, 0.25) is 0 Å². The molecule has 0 saturated heterocycles. The zero-order valence-corrected chi connectivity index (χ0v) is 11.9. The van der Waals surface area contributed by atoms with Gasteiger partial charge in [0.05, 0.1) is 12.3 Å². The lowest BCUT2D eigenvalue weighted by atomic mass is 10.2. The maximum atomic E-state index is 12.1. The monoisotopic (exact) mass is 290 g/mol. The van der Waals surface area contributed by atoms with E-state index in [1.165, 1.54) is 0 Å². The molecular formula is C15H15ClN2O2. The molecule has 0 radical (unpaired) electrons. The van der Waals surface area contributed by atoms with Crippen molar-refractivity contribution < 1.29 is 9.53 Å². The number of pyridine rings is 1. The van der Waals surface area contributed by atoms with Crippen LogP contribution in [0.4, 0.5) is 5.69 Å². The van der Waals surface area contributed by atoms with E-state index in [0.29, 0.717) is 17.9 Å². The van der Waals surface area contributed by atoms with Gasteiger partial charge < -0.3 is 10.1 Å². The molecule has 0 aliphatic heterocycles. The van der Waals surface area contributed by atoms with Crippen LogP contribution < -0.4 is 10.1 Å². The molecule has 1 heterocycles. The van der Waals surface area contributed by atoms with Gasteiger partial charge in [-0.05, 0) is 42.8 Å². The molecule has 1 aromatic carbocycles. The van der Waals surface area contributed by atoms with Crippen molar-refractivity contribution in [1.82, 2.24) is 4.98 Å². The molecule has 0 unspecified atom stereocenters. The Bertz CT molecular complexity index is 585. The Kier molecular flexibility index (Phi) is 4.96. The topological polar surface area (TPSA) is 51.2 Å². The van der Waals surface area contributed by atoms with Gasteiger partial charge in [0.1, 0.15) is 5.75 Å². The van der Waals surface area contributed by atoms with Gasteiger partial charge in [-0.25, -0.2) is 4.98 Å². The summed E-state index contributed by atoms with van der Waals surface area (Å²) >= 11 is 5.89. The summed E-state index contributed by atoms with van der Waals surface area (Å²) in [4.78, 5) is 16.0. The highest BCUT2D eigenvalue weighted by Crippen LogP contribution is 2.19. The molecule has 2 aromatic rings. The first-order valence-corrected chi connectivity index (χ1v) is 6.73. The summed E-state index contributed by atoms with van der Waals surface area (Å²) in [5.41, 5.74) is 1.03. The first-order chi connectivity index (χ1) is 9.70. The third-order valence-corrected chi connectivity index (χ3v) is 2.90. The molecule has 0 spiro atoms. The first kappa shape index (κ1) is 14.3. The summed E-state index contributed by atoms with van der Waals surface area (Å²) in [6, 6.07) is 10.4. The van der Waals surface area contributed by atoms with Crippen LogP contribution in [0.15, 0.2) is 42.6 Å². The highest BCUT2D eigenvalue weighted by atomic mass is 35.5. The summed E-state index contributed by atoms with van der Waals surface area (Å²) in [5, 5.41) is 2.98. The van der Waals surface area contributed by atoms with E-state index in [1.807, 2.05) is 6.92 Å². The average molecular weight is 291 g/mol. The number of benzene rings is 1. The minimum atomic E-state index is -0.234. The van der Waals surface area contributed by atoms with Crippen LogP contribution in [0, 0.1) is 0 Å². The molecule has 0 aliphatic carbocycles. The molecule has 0 atom stereocenters. The van der Waals surface area contributed by atoms with Crippen LogP contribution in [0.2, 0.25) is 5.15 Å². The fourth-order valence-corrected chi connectivity index (χ4v) is 1.76. The molecule has 20 heavy (non-hydrogen) atoms. The number of carbonyl (C=O) groups is 1. The molecule has 1 N–H and O–H groups in total. The second-order valence-electron chi connectivity index (χ2n) is 4.17. The van der Waals surface area contributed by atoms with Crippen molar-refractivity contribution >= 4 is 23.2 Å². The number of amides is 1. The van der Waals surface area contributed by atoms with E-state index >= 15 is 0 Å². The Hall–Kier alpha value is -2.07. The van der Waals surface area contributed by atoms with E-state index < -0.39 is 0 Å². The minimum absolute atomic E-state index is 0.234. The summed E-state index contributed by atoms with van der Waals surface area (Å²) in [5.74, 6) is 0.518. The number of nitrogens with one attached hydrogen (secondary N) is 1. The molecule has 1 amide bonds. The van der Waals surface area contributed by atoms with E-state index in [1.54, 1.807) is 42.6 Å². The third kappa shape index (κ3) is 3.71. The van der Waals surface area contributed by atoms with Crippen LogP contribution in [0.1, 0.15) is 23.7 Å². The third-order valence-electron chi connectivity index (χ3n) is 2.60. The molecule has 104 valence electrons. The molecule has 1 aromatic heterocycles. The van der Waals surface area contributed by atoms with Crippen LogP contribution >= 0.6 is 11.6 Å². The Morgan fingerprint density at radius 2 is 2.05 bits per heavy atom. The van der Waals surface area contributed by atoms with Crippen LogP contribution in [0.3, 0.4) is 0 Å². The summed E-state index contributed by atoms with van der Waals surface area (Å²) in [6.45, 7) is 2.70. The van der Waals surface area contributed by atoms with E-state index in [0.717, 1.165) is 12.2 Å². The zero-order valence-electron chi connectivity index (χ0n) is 11.1. The zero-order chi connectivity index (χ0) is 14.4. The lowest BCUT2D eigenvalue weighted by Crippen LogP contribution is -2.12. The van der Waals surface area contributed by atoms with Gasteiger partial charge in [0.15, 0.2) is 5.15 Å². The van der Waals surface area contributed by atoms with Crippen LogP contribution in [0.5, 0.6) is 5.75 Å². The Morgan fingerprint density at radius 1 is 1.30 bits per heavy atom. The lowest BCUT2D eigenvalue weighted by Gasteiger charge is -2.08. The van der Waals surface area contributed by atoms with Crippen molar-refractivity contribution in [2.75, 3.05) is 11.9 Å². The smallest absolute Gasteiger partial charge is 0.255 e. The fraction of sp³-hybridized carbons (Fsp3) is 0.200. The number of ether oxygens (including phenoxy) is 1. The molecule has 0 bridgehead atoms. The molecule has 5 heteroatoms. The number of hydrogen-bond donors (Lipinski definition) is 1. The van der Waals surface area contributed by atoms with Crippen molar-refractivity contribution in [3.8, 4) is 5.75 Å². The summed E-state index contributed by atoms with van der Waals surface area (Å²) < 4.78 is 5.46. The van der Waals surface area contributed by atoms with E-state index in [9.17, 15) is 4.79 Å². The number of anilines is 1. The highest BCUT2D eigenvalue weighted by Gasteiger charge is 2.08. The lowest BCUT2D eigenvalue weighted by molar-refractivity contribution is 0.102. The highest BCUT2D eigenvalue weighted by molar-refractivity contribution is 6.32. The predicted octanol–water partition coefficient (Wildman–Crippen LogP) is 3.78. The van der Waals surface area contributed by atoms with Crippen molar-refractivity contribution in [2.24, 2.45) is 0 Å². The van der Waals surface area contributed by atoms with Crippen LogP contribution in [-0.2, 0) is 0 Å². The molecule has 0 aliphatic rings. The largest absolute Gasteiger partial charge is 0.494 e. The van der Waals surface area contributed by atoms with Crippen LogP contribution in [-0.4, -0.2) is 17.5 Å². The Labute approximate surface area is 122 Å². The normalized spacial score (nSPS) is 10.1. The van der Waals surface area contributed by atoms with Crippen molar-refractivity contribution in [1.29, 1.82) is 0 Å². The SMILES string of the molecule is CCCOc1ccc(C(=O)Nc2cccnc2Cl)cc1. The van der Waals surface area contributed by atoms with Gasteiger partial charge in [-0.2, -0.15) is 0 Å². The molecule has 0 saturated carbocycles. The summed E-state index contributed by atoms with van der Waals surface area (Å²) in [7, 11) is 0. The van der Waals surface area contributed by atoms with Crippen molar-refractivity contribution in [3.63, 3.8) is 0 Å². The minimum Gasteiger partial charge on any atom is -0.494 e. The maximum Gasteiger partial charge on any atom is 0.255 e. The second-order valence-corrected chi connectivity index (χ2v) is 4.53. The first-order valence-electron chi connectivity index (χ1n) is 6.35. The molecular weight excluding hydrogens is 276 g/mol. The van der Waals surface area contributed by atoms with Gasteiger partial charge in [-0.15, -0.1) is 0 Å². The Balaban J connectivity index is 2.04. The van der Waals surface area contributed by atoms with E-state index in [2.05, 4.69) is 10.3 Å². The van der Waals surface area contributed by atoms with Crippen LogP contribution in [0.25, 0.3) is 0 Å². The van der Waals surface area contributed by atoms with Crippen molar-refractivity contribution in [2.45, 2.75) is 13.3 Å². The number of hydrogen-bond acceptors (Lipinski definition) is 3. The van der Waals surface area contributed by atoms with Gasteiger partial charge >= 0.3 is 0 Å². The standard InChI is InChI=1S/C15H15ClN2O2/c1-2-10-20-12-7-5-11(6-8-12)15(19)18-13-4-3-9-17-14(13)16/h3-9H,2,10H2,1H3,(H,18,19). The number of aromatic nitrogens is 1. The van der Waals surface area contributed by atoms with Gasteiger partial charge in [-0.3, -0.25) is 4.79 Å². The van der Waals surface area contributed by atoms with Gasteiger partial charge in [0.25, 0.3) is 5.91 Å². The molecule has 2 rings (SSSR count). The number of rotatable bonds is 5. The average Bonchev–Trinajstić information content (AvgIpc) is 2.48. The molecule has 4 nitrogen and oxygen atoms in total. The van der Waals surface area contributed by atoms with E-state index in [-0.39, 0.29) is 11.1 Å². The fourth-order valence-electron chi connectivity index (χ4n) is 1.60. The predicted molar refractivity (Wildman–Crippen MR) is 79.4 cm³/mol. The van der Waals surface area contributed by atoms with E-state index in [4.69, 9.17) is 16.3 Å². The summed E-state index contributed by atoms with van der Waals surface area (Å²) in [6.07, 6.45) is 2.51. The number of nitrogens with zero attached hydrogens (tertiary/aromatic N) is 1. The number of carbonyl (C=O) groups excluding carboxylic acids is 1. The van der Waals surface area contributed by atoms with Gasteiger partial charge in [-0.1, -0.05) is 18.5 Å². The maximum absolute atomic E-state index is 12.1. The van der Waals surface area contributed by atoms with Crippen molar-refractivity contribution in [3.05, 3.63) is 53.3 Å².